The van der Waals surface area contributed by atoms with Crippen LogP contribution in [0.4, 0.5) is 5.69 Å². The molecule has 1 heterocycles. The lowest BCUT2D eigenvalue weighted by Crippen LogP contribution is -2.36. The summed E-state index contributed by atoms with van der Waals surface area (Å²) in [4.78, 5) is 27.7. The van der Waals surface area contributed by atoms with E-state index in [0.717, 1.165) is 11.1 Å². The number of hydrogen-bond donors (Lipinski definition) is 2. The van der Waals surface area contributed by atoms with E-state index in [1.54, 1.807) is 12.1 Å². The molecule has 0 unspecified atom stereocenters. The summed E-state index contributed by atoms with van der Waals surface area (Å²) in [5.41, 5.74) is 2.52. The number of carbonyl (C=O) groups is 2. The molecule has 5 nitrogen and oxygen atoms in total. The van der Waals surface area contributed by atoms with Crippen molar-refractivity contribution in [2.24, 2.45) is 11.8 Å². The molecular weight excluding hydrogens is 292 g/mol. The number of amides is 1. The van der Waals surface area contributed by atoms with E-state index in [0.29, 0.717) is 18.5 Å². The van der Waals surface area contributed by atoms with Crippen molar-refractivity contribution in [2.75, 3.05) is 5.32 Å². The second kappa shape index (κ2) is 6.26. The summed E-state index contributed by atoms with van der Waals surface area (Å²) >= 11 is 5.91. The van der Waals surface area contributed by atoms with E-state index in [1.807, 2.05) is 13.8 Å². The Bertz CT molecular complexity index is 613. The van der Waals surface area contributed by atoms with Crippen molar-refractivity contribution in [1.29, 1.82) is 0 Å². The monoisotopic (exact) mass is 308 g/mol. The number of halogens is 1. The number of pyridine rings is 1. The standard InChI is InChI=1S/C15H17ClN2O3/c1-8-6-10(11(15(20)21)7-9(8)2)14(19)18-12-4-3-5-17-13(12)16/h3-5,10-11H,6-7H2,1-2H3,(H,18,19)(H,20,21)/t10-,11+/m0/s1. The summed E-state index contributed by atoms with van der Waals surface area (Å²) in [5.74, 6) is -2.57. The van der Waals surface area contributed by atoms with Crippen LogP contribution in [0, 0.1) is 11.8 Å². The fourth-order valence-corrected chi connectivity index (χ4v) is 2.70. The lowest BCUT2D eigenvalue weighted by Gasteiger charge is -2.29. The van der Waals surface area contributed by atoms with Gasteiger partial charge in [0.05, 0.1) is 17.5 Å². The van der Waals surface area contributed by atoms with Gasteiger partial charge in [-0.1, -0.05) is 22.7 Å². The summed E-state index contributed by atoms with van der Waals surface area (Å²) in [7, 11) is 0. The van der Waals surface area contributed by atoms with E-state index in [4.69, 9.17) is 11.6 Å². The van der Waals surface area contributed by atoms with Gasteiger partial charge in [0.2, 0.25) is 5.91 Å². The van der Waals surface area contributed by atoms with Crippen molar-refractivity contribution in [2.45, 2.75) is 26.7 Å². The van der Waals surface area contributed by atoms with Crippen LogP contribution in [0.5, 0.6) is 0 Å². The van der Waals surface area contributed by atoms with Crippen molar-refractivity contribution < 1.29 is 14.7 Å². The lowest BCUT2D eigenvalue weighted by molar-refractivity contribution is -0.146. The van der Waals surface area contributed by atoms with Crippen molar-refractivity contribution in [3.05, 3.63) is 34.6 Å². The van der Waals surface area contributed by atoms with Gasteiger partial charge in [0.25, 0.3) is 0 Å². The molecule has 21 heavy (non-hydrogen) atoms. The molecule has 0 radical (unpaired) electrons. The third kappa shape index (κ3) is 3.42. The van der Waals surface area contributed by atoms with E-state index in [-0.39, 0.29) is 11.1 Å². The molecule has 2 rings (SSSR count). The summed E-state index contributed by atoms with van der Waals surface area (Å²) in [6, 6.07) is 3.30. The third-order valence-corrected chi connectivity index (χ3v) is 4.24. The van der Waals surface area contributed by atoms with Crippen molar-refractivity contribution in [3.8, 4) is 0 Å². The Morgan fingerprint density at radius 3 is 2.48 bits per heavy atom. The van der Waals surface area contributed by atoms with E-state index in [2.05, 4.69) is 10.3 Å². The number of allylic oxidation sites excluding steroid dienone is 2. The molecule has 1 aliphatic carbocycles. The Balaban J connectivity index is 2.21. The van der Waals surface area contributed by atoms with E-state index in [1.165, 1.54) is 6.20 Å². The van der Waals surface area contributed by atoms with Crippen LogP contribution in [0.25, 0.3) is 0 Å². The van der Waals surface area contributed by atoms with Gasteiger partial charge in [-0.2, -0.15) is 0 Å². The zero-order valence-corrected chi connectivity index (χ0v) is 12.6. The average molecular weight is 309 g/mol. The van der Waals surface area contributed by atoms with Crippen LogP contribution >= 0.6 is 11.6 Å². The van der Waals surface area contributed by atoms with Crippen molar-refractivity contribution >= 4 is 29.2 Å². The van der Waals surface area contributed by atoms with Gasteiger partial charge in [0, 0.05) is 6.20 Å². The normalized spacial score (nSPS) is 22.0. The highest BCUT2D eigenvalue weighted by molar-refractivity contribution is 6.32. The Morgan fingerprint density at radius 1 is 1.29 bits per heavy atom. The number of hydrogen-bond acceptors (Lipinski definition) is 3. The zero-order chi connectivity index (χ0) is 15.6. The maximum atomic E-state index is 12.4. The molecule has 1 aliphatic rings. The van der Waals surface area contributed by atoms with E-state index in [9.17, 15) is 14.7 Å². The molecule has 2 atom stereocenters. The summed E-state index contributed by atoms with van der Waals surface area (Å²) in [5, 5.41) is 12.2. The molecule has 1 aromatic rings. The van der Waals surface area contributed by atoms with Crippen LogP contribution in [0.1, 0.15) is 26.7 Å². The van der Waals surface area contributed by atoms with Gasteiger partial charge < -0.3 is 10.4 Å². The fraction of sp³-hybridized carbons (Fsp3) is 0.400. The third-order valence-electron chi connectivity index (χ3n) is 3.94. The van der Waals surface area contributed by atoms with Gasteiger partial charge in [-0.3, -0.25) is 9.59 Å². The molecule has 0 saturated carbocycles. The number of anilines is 1. The second-order valence-electron chi connectivity index (χ2n) is 5.35. The summed E-state index contributed by atoms with van der Waals surface area (Å²) in [6.45, 7) is 3.85. The van der Waals surface area contributed by atoms with Gasteiger partial charge in [-0.15, -0.1) is 0 Å². The first kappa shape index (κ1) is 15.5. The number of aromatic nitrogens is 1. The van der Waals surface area contributed by atoms with Crippen LogP contribution in [-0.2, 0) is 9.59 Å². The molecule has 1 amide bonds. The lowest BCUT2D eigenvalue weighted by atomic mass is 9.76. The maximum Gasteiger partial charge on any atom is 0.307 e. The summed E-state index contributed by atoms with van der Waals surface area (Å²) < 4.78 is 0. The first-order valence-electron chi connectivity index (χ1n) is 6.69. The second-order valence-corrected chi connectivity index (χ2v) is 5.71. The quantitative estimate of drug-likeness (QED) is 0.664. The number of carboxylic acid groups (broad SMARTS) is 1. The number of rotatable bonds is 3. The predicted molar refractivity (Wildman–Crippen MR) is 80.1 cm³/mol. The Morgan fingerprint density at radius 2 is 1.90 bits per heavy atom. The van der Waals surface area contributed by atoms with Crippen molar-refractivity contribution in [3.63, 3.8) is 0 Å². The minimum atomic E-state index is -0.945. The zero-order valence-electron chi connectivity index (χ0n) is 11.9. The number of nitrogens with zero attached hydrogens (tertiary/aromatic N) is 1. The maximum absolute atomic E-state index is 12.4. The Labute approximate surface area is 128 Å². The molecule has 0 aliphatic heterocycles. The van der Waals surface area contributed by atoms with Gasteiger partial charge in [0.15, 0.2) is 5.15 Å². The molecular formula is C15H17ClN2O3. The van der Waals surface area contributed by atoms with Gasteiger partial charge in [-0.25, -0.2) is 4.98 Å². The molecule has 0 spiro atoms. The highest BCUT2D eigenvalue weighted by Gasteiger charge is 2.37. The molecule has 2 N–H and O–H groups in total. The molecule has 0 bridgehead atoms. The Kier molecular flexibility index (Phi) is 4.63. The van der Waals surface area contributed by atoms with Crippen LogP contribution < -0.4 is 5.32 Å². The topological polar surface area (TPSA) is 79.3 Å². The molecule has 0 saturated heterocycles. The number of nitrogens with one attached hydrogen (secondary N) is 1. The van der Waals surface area contributed by atoms with Gasteiger partial charge in [0.1, 0.15) is 0 Å². The minimum absolute atomic E-state index is 0.192. The van der Waals surface area contributed by atoms with Crippen molar-refractivity contribution in [1.82, 2.24) is 4.98 Å². The average Bonchev–Trinajstić information content (AvgIpc) is 2.43. The molecule has 0 aromatic carbocycles. The smallest absolute Gasteiger partial charge is 0.307 e. The van der Waals surface area contributed by atoms with Crippen LogP contribution in [0.15, 0.2) is 29.5 Å². The highest BCUT2D eigenvalue weighted by atomic mass is 35.5. The van der Waals surface area contributed by atoms with Gasteiger partial charge >= 0.3 is 5.97 Å². The molecule has 0 fully saturated rings. The first-order valence-corrected chi connectivity index (χ1v) is 7.07. The highest BCUT2D eigenvalue weighted by Crippen LogP contribution is 2.35. The van der Waals surface area contributed by atoms with Crippen LogP contribution in [0.3, 0.4) is 0 Å². The van der Waals surface area contributed by atoms with E-state index >= 15 is 0 Å². The molecule has 6 heteroatoms. The largest absolute Gasteiger partial charge is 0.481 e. The number of carbonyl (C=O) groups excluding carboxylic acids is 1. The first-order chi connectivity index (χ1) is 9.90. The van der Waals surface area contributed by atoms with Crippen LogP contribution in [0.2, 0.25) is 5.15 Å². The predicted octanol–water partition coefficient (Wildman–Crippen LogP) is 3.12. The number of carboxylic acids is 1. The fourth-order valence-electron chi connectivity index (χ4n) is 2.53. The SMILES string of the molecule is CC1=C(C)C[C@@H](C(=O)O)[C@@H](C(=O)Nc2cccnc2Cl)C1. The molecule has 1 aromatic heterocycles. The number of aliphatic carboxylic acids is 1. The molecule has 112 valence electrons. The minimum Gasteiger partial charge on any atom is -0.481 e. The Hall–Kier alpha value is -1.88. The summed E-state index contributed by atoms with van der Waals surface area (Å²) in [6.07, 6.45) is 2.38. The van der Waals surface area contributed by atoms with E-state index < -0.39 is 17.8 Å². The van der Waals surface area contributed by atoms with Gasteiger partial charge in [-0.05, 0) is 38.8 Å². The van der Waals surface area contributed by atoms with Crippen LogP contribution in [-0.4, -0.2) is 22.0 Å².